The van der Waals surface area contributed by atoms with E-state index in [1.165, 1.54) is 19.5 Å². The zero-order chi connectivity index (χ0) is 13.4. The Hall–Kier alpha value is -0.340. The van der Waals surface area contributed by atoms with E-state index in [1.54, 1.807) is 0 Å². The Morgan fingerprint density at radius 2 is 2.05 bits per heavy atom. The van der Waals surface area contributed by atoms with Crippen LogP contribution in [0.4, 0.5) is 0 Å². The summed E-state index contributed by atoms with van der Waals surface area (Å²) in [6.07, 6.45) is 1.25. The quantitative estimate of drug-likeness (QED) is 0.319. The van der Waals surface area contributed by atoms with Gasteiger partial charge >= 0.3 is 0 Å². The first-order chi connectivity index (χ1) is 8.58. The normalized spacial score (nSPS) is 18.5. The second-order valence-corrected chi connectivity index (χ2v) is 5.08. The van der Waals surface area contributed by atoms with E-state index >= 15 is 0 Å². The molecule has 112 valence electrons. The first-order valence-corrected chi connectivity index (χ1v) is 6.67. The Kier molecular flexibility index (Phi) is 10.3. The fourth-order valence-corrected chi connectivity index (χ4v) is 1.94. The molecule has 1 fully saturated rings. The van der Waals surface area contributed by atoms with Crippen molar-refractivity contribution in [1.82, 2.24) is 15.1 Å². The molecular formula is C13H28IN5. The van der Waals surface area contributed by atoms with Crippen molar-refractivity contribution in [2.24, 2.45) is 10.7 Å². The molecule has 5 nitrogen and oxygen atoms in total. The Morgan fingerprint density at radius 1 is 1.32 bits per heavy atom. The minimum atomic E-state index is 0. The molecule has 1 rings (SSSR count). The highest BCUT2D eigenvalue weighted by molar-refractivity contribution is 14.0. The summed E-state index contributed by atoms with van der Waals surface area (Å²) in [5.74, 6) is 0.518. The molecule has 0 aromatic heterocycles. The summed E-state index contributed by atoms with van der Waals surface area (Å²) in [7, 11) is 2.18. The number of hydrogen-bond acceptors (Lipinski definition) is 3. The van der Waals surface area contributed by atoms with E-state index in [-0.39, 0.29) is 24.0 Å². The fourth-order valence-electron chi connectivity index (χ4n) is 1.94. The Balaban J connectivity index is 0.00000324. The van der Waals surface area contributed by atoms with Gasteiger partial charge in [0.05, 0.1) is 6.54 Å². The van der Waals surface area contributed by atoms with E-state index in [2.05, 4.69) is 33.7 Å². The molecule has 3 N–H and O–H groups in total. The summed E-state index contributed by atoms with van der Waals surface area (Å²) in [5, 5.41) is 3.15. The standard InChI is InChI=1S/C13H27N5.HI/c1-12(2)11-16-13(14)15-5-8-18-7-4-6-17(3)9-10-18;/h1,4-11H2,2-3H3,(H3,14,15,16);1H. The Morgan fingerprint density at radius 3 is 2.74 bits per heavy atom. The first-order valence-electron chi connectivity index (χ1n) is 6.67. The second-order valence-electron chi connectivity index (χ2n) is 5.08. The van der Waals surface area contributed by atoms with E-state index in [1.807, 2.05) is 6.92 Å². The molecular weight excluding hydrogens is 353 g/mol. The predicted molar refractivity (Wildman–Crippen MR) is 93.3 cm³/mol. The van der Waals surface area contributed by atoms with E-state index in [9.17, 15) is 0 Å². The van der Waals surface area contributed by atoms with Gasteiger partial charge in [-0.25, -0.2) is 4.99 Å². The van der Waals surface area contributed by atoms with Gasteiger partial charge in [-0.2, -0.15) is 0 Å². The lowest BCUT2D eigenvalue weighted by Crippen LogP contribution is -2.39. The van der Waals surface area contributed by atoms with Gasteiger partial charge in [0.25, 0.3) is 0 Å². The van der Waals surface area contributed by atoms with Gasteiger partial charge in [0.15, 0.2) is 5.96 Å². The van der Waals surface area contributed by atoms with Crippen molar-refractivity contribution in [2.75, 3.05) is 52.9 Å². The summed E-state index contributed by atoms with van der Waals surface area (Å²) < 4.78 is 0. The van der Waals surface area contributed by atoms with Gasteiger partial charge in [-0.05, 0) is 33.5 Å². The number of nitrogens with one attached hydrogen (secondary N) is 1. The molecule has 19 heavy (non-hydrogen) atoms. The number of nitrogens with zero attached hydrogens (tertiary/aromatic N) is 3. The highest BCUT2D eigenvalue weighted by Gasteiger charge is 2.11. The maximum atomic E-state index is 5.76. The third kappa shape index (κ3) is 9.23. The average molecular weight is 381 g/mol. The van der Waals surface area contributed by atoms with Crippen LogP contribution in [0.5, 0.6) is 0 Å². The maximum Gasteiger partial charge on any atom is 0.188 e. The summed E-state index contributed by atoms with van der Waals surface area (Å²) >= 11 is 0. The number of rotatable bonds is 5. The number of hydrogen-bond donors (Lipinski definition) is 2. The van der Waals surface area contributed by atoms with E-state index in [0.717, 1.165) is 31.8 Å². The third-order valence-corrected chi connectivity index (χ3v) is 3.07. The highest BCUT2D eigenvalue weighted by atomic mass is 127. The van der Waals surface area contributed by atoms with Gasteiger partial charge in [0, 0.05) is 26.2 Å². The van der Waals surface area contributed by atoms with Crippen LogP contribution in [-0.2, 0) is 0 Å². The second kappa shape index (κ2) is 10.4. The number of aliphatic imine (C=N–C) groups is 1. The van der Waals surface area contributed by atoms with E-state index in [0.29, 0.717) is 12.5 Å². The molecule has 0 aromatic carbocycles. The fraction of sp³-hybridized carbons (Fsp3) is 0.769. The molecule has 1 heterocycles. The van der Waals surface area contributed by atoms with Crippen LogP contribution < -0.4 is 11.1 Å². The predicted octanol–water partition coefficient (Wildman–Crippen LogP) is 0.722. The van der Waals surface area contributed by atoms with Crippen LogP contribution in [-0.4, -0.2) is 68.6 Å². The van der Waals surface area contributed by atoms with Crippen LogP contribution >= 0.6 is 24.0 Å². The molecule has 1 saturated heterocycles. The minimum absolute atomic E-state index is 0. The number of guanidine groups is 1. The monoisotopic (exact) mass is 381 g/mol. The highest BCUT2D eigenvalue weighted by Crippen LogP contribution is 1.99. The minimum Gasteiger partial charge on any atom is -0.370 e. The Labute approximate surface area is 134 Å². The molecule has 1 aliphatic heterocycles. The zero-order valence-electron chi connectivity index (χ0n) is 12.2. The van der Waals surface area contributed by atoms with Crippen LogP contribution in [0.15, 0.2) is 17.1 Å². The van der Waals surface area contributed by atoms with Crippen molar-refractivity contribution in [1.29, 1.82) is 0 Å². The number of nitrogens with two attached hydrogens (primary N) is 1. The molecule has 0 aliphatic carbocycles. The zero-order valence-corrected chi connectivity index (χ0v) is 14.5. The van der Waals surface area contributed by atoms with Crippen LogP contribution in [0.2, 0.25) is 0 Å². The van der Waals surface area contributed by atoms with Crippen LogP contribution in [0.25, 0.3) is 0 Å². The summed E-state index contributed by atoms with van der Waals surface area (Å²) in [6.45, 7) is 12.9. The van der Waals surface area contributed by atoms with E-state index in [4.69, 9.17) is 5.73 Å². The first kappa shape index (κ1) is 18.7. The number of halogens is 1. The van der Waals surface area contributed by atoms with Crippen molar-refractivity contribution in [3.8, 4) is 0 Å². The van der Waals surface area contributed by atoms with Crippen molar-refractivity contribution >= 4 is 29.9 Å². The summed E-state index contributed by atoms with van der Waals surface area (Å²) in [6, 6.07) is 0. The maximum absolute atomic E-state index is 5.76. The van der Waals surface area contributed by atoms with Crippen LogP contribution in [0.3, 0.4) is 0 Å². The number of likely N-dealkylation sites (N-methyl/N-ethyl adjacent to an activating group) is 1. The molecule has 6 heteroatoms. The lowest BCUT2D eigenvalue weighted by Gasteiger charge is -2.20. The lowest BCUT2D eigenvalue weighted by molar-refractivity contribution is 0.280. The molecule has 0 aromatic rings. The lowest BCUT2D eigenvalue weighted by atomic mass is 10.4. The SMILES string of the molecule is C=C(C)CN=C(N)NCCN1CCCN(C)CC1.I. The summed E-state index contributed by atoms with van der Waals surface area (Å²) in [5.41, 5.74) is 6.78. The van der Waals surface area contributed by atoms with Gasteiger partial charge in [-0.1, -0.05) is 12.2 Å². The molecule has 0 radical (unpaired) electrons. The van der Waals surface area contributed by atoms with Crippen LogP contribution in [0.1, 0.15) is 13.3 Å². The van der Waals surface area contributed by atoms with Crippen molar-refractivity contribution in [3.05, 3.63) is 12.2 Å². The Bertz CT molecular complexity index is 293. The average Bonchev–Trinajstić information content (AvgIpc) is 2.52. The van der Waals surface area contributed by atoms with Gasteiger partial charge < -0.3 is 20.9 Å². The van der Waals surface area contributed by atoms with Crippen molar-refractivity contribution in [2.45, 2.75) is 13.3 Å². The van der Waals surface area contributed by atoms with Crippen molar-refractivity contribution in [3.63, 3.8) is 0 Å². The molecule has 0 spiro atoms. The molecule has 0 amide bonds. The van der Waals surface area contributed by atoms with Gasteiger partial charge in [0.2, 0.25) is 0 Å². The molecule has 1 aliphatic rings. The van der Waals surface area contributed by atoms with E-state index < -0.39 is 0 Å². The third-order valence-electron chi connectivity index (χ3n) is 3.07. The van der Waals surface area contributed by atoms with Crippen molar-refractivity contribution < 1.29 is 0 Å². The molecule has 0 saturated carbocycles. The van der Waals surface area contributed by atoms with Gasteiger partial charge in [-0.15, -0.1) is 24.0 Å². The smallest absolute Gasteiger partial charge is 0.188 e. The van der Waals surface area contributed by atoms with Gasteiger partial charge in [0.1, 0.15) is 0 Å². The molecule has 0 bridgehead atoms. The largest absolute Gasteiger partial charge is 0.370 e. The molecule has 0 atom stereocenters. The van der Waals surface area contributed by atoms with Gasteiger partial charge in [-0.3, -0.25) is 0 Å². The van der Waals surface area contributed by atoms with Crippen LogP contribution in [0, 0.1) is 0 Å². The molecule has 0 unspecified atom stereocenters. The topological polar surface area (TPSA) is 56.9 Å². The summed E-state index contributed by atoms with van der Waals surface area (Å²) in [4.78, 5) is 9.05.